The largest absolute Gasteiger partial charge is 0.507 e. The smallest absolute Gasteiger partial charge is 0.126 e. The predicted octanol–water partition coefficient (Wildman–Crippen LogP) is 4.64. The molecular weight excluding hydrogens is 361 g/mol. The number of allylic oxidation sites excluding steroid dienone is 4. The average Bonchev–Trinajstić information content (AvgIpc) is 2.35. The third-order valence-electron chi connectivity index (χ3n) is 3.35. The second-order valence-corrected chi connectivity index (χ2v) is 7.26. The van der Waals surface area contributed by atoms with E-state index in [4.69, 9.17) is 5.73 Å². The number of rotatable bonds is 1. The van der Waals surface area contributed by atoms with Crippen molar-refractivity contribution in [2.75, 3.05) is 0 Å². The molecule has 0 atom stereocenters. The number of para-hydroxylation sites is 1. The summed E-state index contributed by atoms with van der Waals surface area (Å²) in [6.45, 7) is 6.30. The summed E-state index contributed by atoms with van der Waals surface area (Å²) in [7, 11) is 0. The van der Waals surface area contributed by atoms with Crippen molar-refractivity contribution in [2.24, 2.45) is 5.73 Å². The minimum atomic E-state index is -0.0763. The van der Waals surface area contributed by atoms with Crippen LogP contribution in [0, 0.1) is 0 Å². The summed E-state index contributed by atoms with van der Waals surface area (Å²) in [6, 6.07) is 5.91. The highest BCUT2D eigenvalue weighted by Crippen LogP contribution is 2.36. The van der Waals surface area contributed by atoms with Crippen LogP contribution >= 0.6 is 22.6 Å². The van der Waals surface area contributed by atoms with E-state index in [0.717, 1.165) is 32.4 Å². The van der Waals surface area contributed by atoms with Gasteiger partial charge in [0.1, 0.15) is 5.75 Å². The Hall–Kier alpha value is -1.23. The molecular formula is C17H20INO. The van der Waals surface area contributed by atoms with E-state index in [1.165, 1.54) is 0 Å². The van der Waals surface area contributed by atoms with Gasteiger partial charge in [0.2, 0.25) is 0 Å². The minimum absolute atomic E-state index is 0.0763. The van der Waals surface area contributed by atoms with Crippen molar-refractivity contribution in [3.05, 3.63) is 56.3 Å². The molecule has 1 aromatic rings. The summed E-state index contributed by atoms with van der Waals surface area (Å²) < 4.78 is 1.16. The molecule has 2 rings (SSSR count). The Morgan fingerprint density at radius 1 is 1.25 bits per heavy atom. The molecule has 20 heavy (non-hydrogen) atoms. The number of benzene rings is 1. The molecule has 1 aromatic carbocycles. The van der Waals surface area contributed by atoms with Gasteiger partial charge in [0.05, 0.1) is 0 Å². The number of halogens is 1. The molecule has 3 N–H and O–H groups in total. The average molecular weight is 381 g/mol. The Morgan fingerprint density at radius 3 is 2.60 bits per heavy atom. The lowest BCUT2D eigenvalue weighted by atomic mass is 9.85. The summed E-state index contributed by atoms with van der Waals surface area (Å²) in [6.07, 6.45) is 6.71. The van der Waals surface area contributed by atoms with Gasteiger partial charge in [-0.15, -0.1) is 0 Å². The third kappa shape index (κ3) is 3.26. The summed E-state index contributed by atoms with van der Waals surface area (Å²) in [5.74, 6) is 0.366. The molecule has 0 spiro atoms. The van der Waals surface area contributed by atoms with Gasteiger partial charge in [-0.25, -0.2) is 0 Å². The standard InChI is InChI=1S/C17H20INO/c1-17(2,3)14-6-4-5-11(16(14)20)9-12-10-13(19)7-8-15(12)18/h4-9,20H,10,19H2,1-3H3. The van der Waals surface area contributed by atoms with E-state index in [9.17, 15) is 5.11 Å². The molecule has 3 heteroatoms. The van der Waals surface area contributed by atoms with Gasteiger partial charge in [-0.05, 0) is 57.4 Å². The molecule has 0 heterocycles. The number of phenolic OH excluding ortho intramolecular Hbond substituents is 1. The molecule has 2 nitrogen and oxygen atoms in total. The molecule has 0 amide bonds. The number of phenols is 1. The maximum absolute atomic E-state index is 10.5. The van der Waals surface area contributed by atoms with Gasteiger partial charge >= 0.3 is 0 Å². The van der Waals surface area contributed by atoms with E-state index >= 15 is 0 Å². The van der Waals surface area contributed by atoms with Crippen molar-refractivity contribution in [1.82, 2.24) is 0 Å². The fourth-order valence-corrected chi connectivity index (χ4v) is 2.77. The van der Waals surface area contributed by atoms with Gasteiger partial charge in [0.25, 0.3) is 0 Å². The molecule has 0 unspecified atom stereocenters. The zero-order valence-corrected chi connectivity index (χ0v) is 14.2. The van der Waals surface area contributed by atoms with E-state index in [2.05, 4.69) is 43.4 Å². The van der Waals surface area contributed by atoms with E-state index in [1.807, 2.05) is 36.4 Å². The molecule has 0 aromatic heterocycles. The molecule has 1 aliphatic rings. The topological polar surface area (TPSA) is 46.2 Å². The zero-order valence-electron chi connectivity index (χ0n) is 12.1. The first-order valence-corrected chi connectivity index (χ1v) is 7.72. The molecule has 0 fully saturated rings. The van der Waals surface area contributed by atoms with Crippen molar-refractivity contribution < 1.29 is 5.11 Å². The maximum atomic E-state index is 10.5. The summed E-state index contributed by atoms with van der Waals surface area (Å²) >= 11 is 2.30. The summed E-state index contributed by atoms with van der Waals surface area (Å²) in [4.78, 5) is 0. The van der Waals surface area contributed by atoms with Crippen LogP contribution in [-0.4, -0.2) is 5.11 Å². The van der Waals surface area contributed by atoms with E-state index in [-0.39, 0.29) is 5.41 Å². The Morgan fingerprint density at radius 2 is 1.95 bits per heavy atom. The van der Waals surface area contributed by atoms with Gasteiger partial charge in [-0.1, -0.05) is 39.0 Å². The lowest BCUT2D eigenvalue weighted by molar-refractivity contribution is 0.445. The Balaban J connectivity index is 2.46. The van der Waals surface area contributed by atoms with E-state index in [1.54, 1.807) is 0 Å². The van der Waals surface area contributed by atoms with Gasteiger partial charge in [0, 0.05) is 21.3 Å². The number of hydrogen-bond acceptors (Lipinski definition) is 2. The third-order valence-corrected chi connectivity index (χ3v) is 4.40. The lowest BCUT2D eigenvalue weighted by Gasteiger charge is -2.21. The van der Waals surface area contributed by atoms with Crippen molar-refractivity contribution >= 4 is 28.7 Å². The fourth-order valence-electron chi connectivity index (χ4n) is 2.24. The van der Waals surface area contributed by atoms with Crippen molar-refractivity contribution in [3.63, 3.8) is 0 Å². The van der Waals surface area contributed by atoms with Crippen LogP contribution in [0.25, 0.3) is 6.08 Å². The SMILES string of the molecule is CC(C)(C)c1cccc(C=C2CC(N)=CC=C2I)c1O. The highest BCUT2D eigenvalue weighted by Gasteiger charge is 2.19. The predicted molar refractivity (Wildman–Crippen MR) is 93.8 cm³/mol. The van der Waals surface area contributed by atoms with Crippen LogP contribution in [0.5, 0.6) is 5.75 Å². The second kappa shape index (κ2) is 5.64. The number of aromatic hydroxyl groups is 1. The van der Waals surface area contributed by atoms with Crippen molar-refractivity contribution in [2.45, 2.75) is 32.6 Å². The van der Waals surface area contributed by atoms with Crippen LogP contribution < -0.4 is 5.73 Å². The van der Waals surface area contributed by atoms with Gasteiger partial charge in [0.15, 0.2) is 0 Å². The Bertz CT molecular complexity index is 618. The summed E-state index contributed by atoms with van der Waals surface area (Å²) in [5, 5.41) is 10.5. The fraction of sp³-hybridized carbons (Fsp3) is 0.294. The monoisotopic (exact) mass is 381 g/mol. The molecule has 0 saturated carbocycles. The van der Waals surface area contributed by atoms with Gasteiger partial charge < -0.3 is 10.8 Å². The molecule has 0 bridgehead atoms. The van der Waals surface area contributed by atoms with Gasteiger partial charge in [-0.3, -0.25) is 0 Å². The normalized spacial score (nSPS) is 17.9. The molecule has 0 saturated heterocycles. The highest BCUT2D eigenvalue weighted by atomic mass is 127. The number of hydrogen-bond donors (Lipinski definition) is 2. The Kier molecular flexibility index (Phi) is 4.28. The maximum Gasteiger partial charge on any atom is 0.126 e. The Labute approximate surface area is 134 Å². The summed E-state index contributed by atoms with van der Waals surface area (Å²) in [5.41, 5.74) is 9.62. The van der Waals surface area contributed by atoms with Crippen LogP contribution in [0.4, 0.5) is 0 Å². The van der Waals surface area contributed by atoms with Crippen molar-refractivity contribution in [1.29, 1.82) is 0 Å². The van der Waals surface area contributed by atoms with Crippen molar-refractivity contribution in [3.8, 4) is 5.75 Å². The first-order chi connectivity index (χ1) is 9.29. The van der Waals surface area contributed by atoms with Crippen LogP contribution in [0.1, 0.15) is 38.3 Å². The quantitative estimate of drug-likeness (QED) is 0.697. The molecule has 106 valence electrons. The number of nitrogens with two attached hydrogens (primary N) is 1. The van der Waals surface area contributed by atoms with Crippen LogP contribution in [0.2, 0.25) is 0 Å². The van der Waals surface area contributed by atoms with Crippen LogP contribution in [0.15, 0.2) is 45.2 Å². The first kappa shape index (κ1) is 15.2. The van der Waals surface area contributed by atoms with Crippen LogP contribution in [0.3, 0.4) is 0 Å². The van der Waals surface area contributed by atoms with E-state index in [0.29, 0.717) is 5.75 Å². The van der Waals surface area contributed by atoms with Crippen LogP contribution in [-0.2, 0) is 5.41 Å². The minimum Gasteiger partial charge on any atom is -0.507 e. The van der Waals surface area contributed by atoms with E-state index < -0.39 is 0 Å². The highest BCUT2D eigenvalue weighted by molar-refractivity contribution is 14.1. The molecule has 1 aliphatic carbocycles. The second-order valence-electron chi connectivity index (χ2n) is 6.10. The first-order valence-electron chi connectivity index (χ1n) is 6.64. The van der Waals surface area contributed by atoms with Gasteiger partial charge in [-0.2, -0.15) is 0 Å². The molecule has 0 radical (unpaired) electrons. The zero-order chi connectivity index (χ0) is 14.9. The molecule has 0 aliphatic heterocycles. The lowest BCUT2D eigenvalue weighted by Crippen LogP contribution is -2.11.